The first kappa shape index (κ1) is 18.3. The summed E-state index contributed by atoms with van der Waals surface area (Å²) in [5, 5.41) is 0.346. The van der Waals surface area contributed by atoms with Crippen molar-refractivity contribution in [1.82, 2.24) is 0 Å². The second-order valence-electron chi connectivity index (χ2n) is 7.35. The number of hydrogen-bond acceptors (Lipinski definition) is 4. The molecule has 0 aromatic heterocycles. The third-order valence-electron chi connectivity index (χ3n) is 5.62. The van der Waals surface area contributed by atoms with Crippen molar-refractivity contribution in [2.75, 3.05) is 13.2 Å². The molecular weight excluding hydrogens is 376 g/mol. The number of rotatable bonds is 4. The van der Waals surface area contributed by atoms with E-state index < -0.39 is 0 Å². The van der Waals surface area contributed by atoms with Crippen LogP contribution < -0.4 is 0 Å². The van der Waals surface area contributed by atoms with Gasteiger partial charge in [0, 0.05) is 24.2 Å². The maximum absolute atomic E-state index is 5.71. The van der Waals surface area contributed by atoms with Gasteiger partial charge in [0.25, 0.3) is 0 Å². The number of nitrogens with zero attached hydrogens (tertiary/aromatic N) is 2. The average molecular weight is 399 g/mol. The molecule has 0 aliphatic carbocycles. The van der Waals surface area contributed by atoms with Crippen LogP contribution >= 0.6 is 11.8 Å². The SMILES string of the molecule is C1=N[C@@]2(c3cccc(N=C(c4ccccc4)c4ccccc4)c3)CCOC[C@H]2S1. The summed E-state index contributed by atoms with van der Waals surface area (Å²) in [6, 6.07) is 29.3. The number of aliphatic imine (C=N–C) groups is 2. The van der Waals surface area contributed by atoms with E-state index >= 15 is 0 Å². The van der Waals surface area contributed by atoms with Gasteiger partial charge in [-0.15, -0.1) is 11.8 Å². The topological polar surface area (TPSA) is 34.0 Å². The second-order valence-corrected chi connectivity index (χ2v) is 8.40. The fourth-order valence-corrected chi connectivity index (χ4v) is 5.19. The van der Waals surface area contributed by atoms with Crippen LogP contribution in [0.4, 0.5) is 5.69 Å². The number of thioether (sulfide) groups is 1. The monoisotopic (exact) mass is 398 g/mol. The normalized spacial score (nSPS) is 22.8. The van der Waals surface area contributed by atoms with Gasteiger partial charge in [0.2, 0.25) is 0 Å². The average Bonchev–Trinajstić information content (AvgIpc) is 3.24. The van der Waals surface area contributed by atoms with Crippen molar-refractivity contribution in [3.05, 3.63) is 102 Å². The molecule has 0 amide bonds. The van der Waals surface area contributed by atoms with Crippen LogP contribution in [0.5, 0.6) is 0 Å². The van der Waals surface area contributed by atoms with Crippen molar-refractivity contribution in [3.8, 4) is 0 Å². The van der Waals surface area contributed by atoms with Crippen LogP contribution in [0.25, 0.3) is 0 Å². The zero-order valence-electron chi connectivity index (χ0n) is 16.1. The van der Waals surface area contributed by atoms with Gasteiger partial charge in [-0.05, 0) is 17.7 Å². The molecule has 1 fully saturated rings. The number of fused-ring (bicyclic) bond motifs is 1. The molecule has 3 aromatic carbocycles. The number of ether oxygens (including phenoxy) is 1. The molecular formula is C25H22N2OS. The highest BCUT2D eigenvalue weighted by atomic mass is 32.2. The van der Waals surface area contributed by atoms with Crippen LogP contribution in [0, 0.1) is 0 Å². The van der Waals surface area contributed by atoms with Gasteiger partial charge in [0.15, 0.2) is 0 Å². The van der Waals surface area contributed by atoms with Crippen molar-refractivity contribution < 1.29 is 4.74 Å². The Morgan fingerprint density at radius 1 is 0.931 bits per heavy atom. The molecule has 4 heteroatoms. The fraction of sp³-hybridized carbons (Fsp3) is 0.200. The maximum Gasteiger partial charge on any atom is 0.103 e. The molecule has 1 saturated heterocycles. The predicted octanol–water partition coefficient (Wildman–Crippen LogP) is 5.62. The van der Waals surface area contributed by atoms with Gasteiger partial charge >= 0.3 is 0 Å². The zero-order valence-corrected chi connectivity index (χ0v) is 16.9. The minimum Gasteiger partial charge on any atom is -0.380 e. The van der Waals surface area contributed by atoms with Gasteiger partial charge in [0.1, 0.15) is 5.54 Å². The Morgan fingerprint density at radius 2 is 1.66 bits per heavy atom. The van der Waals surface area contributed by atoms with E-state index in [1.807, 2.05) is 17.7 Å². The summed E-state index contributed by atoms with van der Waals surface area (Å²) >= 11 is 1.78. The van der Waals surface area contributed by atoms with E-state index in [4.69, 9.17) is 14.7 Å². The quantitative estimate of drug-likeness (QED) is 0.535. The summed E-state index contributed by atoms with van der Waals surface area (Å²) in [5.74, 6) is 0. The number of benzene rings is 3. The summed E-state index contributed by atoms with van der Waals surface area (Å²) in [4.78, 5) is 10.00. The second kappa shape index (κ2) is 7.97. The van der Waals surface area contributed by atoms with E-state index in [0.29, 0.717) is 5.25 Å². The van der Waals surface area contributed by atoms with Crippen molar-refractivity contribution in [2.45, 2.75) is 17.2 Å². The zero-order chi connectivity index (χ0) is 19.5. The minimum atomic E-state index is -0.186. The summed E-state index contributed by atoms with van der Waals surface area (Å²) in [6.45, 7) is 1.50. The van der Waals surface area contributed by atoms with E-state index in [1.54, 1.807) is 11.8 Å². The Hall–Kier alpha value is -2.69. The Kier molecular flexibility index (Phi) is 5.04. The van der Waals surface area contributed by atoms with E-state index in [0.717, 1.165) is 42.2 Å². The molecule has 2 atom stereocenters. The molecule has 2 heterocycles. The Bertz CT molecular complexity index is 1010. The van der Waals surface area contributed by atoms with E-state index in [9.17, 15) is 0 Å². The van der Waals surface area contributed by atoms with Crippen LogP contribution in [-0.2, 0) is 10.3 Å². The minimum absolute atomic E-state index is 0.186. The van der Waals surface area contributed by atoms with E-state index in [-0.39, 0.29) is 5.54 Å². The van der Waals surface area contributed by atoms with Crippen molar-refractivity contribution in [3.63, 3.8) is 0 Å². The molecule has 0 bridgehead atoms. The Labute approximate surface area is 175 Å². The smallest absolute Gasteiger partial charge is 0.103 e. The molecule has 0 spiro atoms. The fourth-order valence-electron chi connectivity index (χ4n) is 4.08. The third-order valence-corrected chi connectivity index (χ3v) is 6.70. The van der Waals surface area contributed by atoms with Crippen molar-refractivity contribution in [1.29, 1.82) is 0 Å². The molecule has 5 rings (SSSR count). The lowest BCUT2D eigenvalue weighted by Gasteiger charge is -2.36. The van der Waals surface area contributed by atoms with Crippen LogP contribution in [0.1, 0.15) is 23.1 Å². The first-order chi connectivity index (χ1) is 14.4. The van der Waals surface area contributed by atoms with Crippen LogP contribution in [-0.4, -0.2) is 29.7 Å². The number of hydrogen-bond donors (Lipinski definition) is 0. The van der Waals surface area contributed by atoms with Crippen molar-refractivity contribution in [2.24, 2.45) is 9.98 Å². The van der Waals surface area contributed by atoms with E-state index in [2.05, 4.69) is 72.8 Å². The van der Waals surface area contributed by atoms with Crippen LogP contribution in [0.15, 0.2) is 94.9 Å². The molecule has 0 unspecified atom stereocenters. The summed E-state index contributed by atoms with van der Waals surface area (Å²) < 4.78 is 5.71. The van der Waals surface area contributed by atoms with Gasteiger partial charge < -0.3 is 4.74 Å². The summed E-state index contributed by atoms with van der Waals surface area (Å²) in [7, 11) is 0. The molecule has 3 nitrogen and oxygen atoms in total. The first-order valence-corrected chi connectivity index (χ1v) is 10.9. The molecule has 3 aromatic rings. The van der Waals surface area contributed by atoms with Crippen LogP contribution in [0.2, 0.25) is 0 Å². The lowest BCUT2D eigenvalue weighted by Crippen LogP contribution is -2.41. The van der Waals surface area contributed by atoms with Gasteiger partial charge in [-0.3, -0.25) is 4.99 Å². The van der Waals surface area contributed by atoms with Crippen molar-refractivity contribution >= 4 is 28.7 Å². The summed E-state index contributed by atoms with van der Waals surface area (Å²) in [6.07, 6.45) is 0.915. The summed E-state index contributed by atoms with van der Waals surface area (Å²) in [5.41, 5.74) is 7.20. The highest BCUT2D eigenvalue weighted by Crippen LogP contribution is 2.46. The highest BCUT2D eigenvalue weighted by molar-refractivity contribution is 8.13. The molecule has 144 valence electrons. The Balaban J connectivity index is 1.59. The predicted molar refractivity (Wildman–Crippen MR) is 122 cm³/mol. The molecule has 0 N–H and O–H groups in total. The third kappa shape index (κ3) is 3.54. The van der Waals surface area contributed by atoms with Gasteiger partial charge in [-0.25, -0.2) is 4.99 Å². The first-order valence-electron chi connectivity index (χ1n) is 9.92. The molecule has 0 saturated carbocycles. The van der Waals surface area contributed by atoms with Gasteiger partial charge in [0.05, 0.1) is 28.8 Å². The Morgan fingerprint density at radius 3 is 2.38 bits per heavy atom. The molecule has 0 radical (unpaired) electrons. The standard InChI is InChI=1S/C25H22N2OS/c1-3-8-19(9-4-1)24(20-10-5-2-6-11-20)27-22-13-7-12-21(16-22)25-14-15-28-17-23(25)29-18-26-25/h1-13,16,18,23H,14-15,17H2/t23-,25-/m1/s1. The van der Waals surface area contributed by atoms with E-state index in [1.165, 1.54) is 5.56 Å². The van der Waals surface area contributed by atoms with Gasteiger partial charge in [-0.1, -0.05) is 72.8 Å². The molecule has 2 aliphatic heterocycles. The maximum atomic E-state index is 5.71. The lowest BCUT2D eigenvalue weighted by atomic mass is 9.83. The molecule has 2 aliphatic rings. The highest BCUT2D eigenvalue weighted by Gasteiger charge is 2.45. The van der Waals surface area contributed by atoms with Crippen LogP contribution in [0.3, 0.4) is 0 Å². The lowest BCUT2D eigenvalue weighted by molar-refractivity contribution is 0.0612. The largest absolute Gasteiger partial charge is 0.380 e. The van der Waals surface area contributed by atoms with Gasteiger partial charge in [-0.2, -0.15) is 0 Å². The molecule has 29 heavy (non-hydrogen) atoms.